The smallest absolute Gasteiger partial charge is 0.193 e. The number of halogens is 1. The normalized spacial score (nSPS) is 19.9. The Morgan fingerprint density at radius 1 is 1.36 bits per heavy atom. The number of aromatic nitrogens is 2. The molecule has 1 aromatic heterocycles. The van der Waals surface area contributed by atoms with E-state index < -0.39 is 0 Å². The molecule has 124 valence electrons. The quantitative estimate of drug-likeness (QED) is 0.347. The van der Waals surface area contributed by atoms with Crippen LogP contribution in [-0.4, -0.2) is 46.8 Å². The average molecular weight is 417 g/mol. The van der Waals surface area contributed by atoms with Crippen LogP contribution < -0.4 is 5.32 Å². The van der Waals surface area contributed by atoms with E-state index in [4.69, 9.17) is 4.99 Å². The molecule has 6 heteroatoms. The van der Waals surface area contributed by atoms with Crippen LogP contribution in [-0.2, 0) is 6.54 Å². The van der Waals surface area contributed by atoms with Crippen molar-refractivity contribution in [2.75, 3.05) is 26.2 Å². The molecule has 5 nitrogen and oxygen atoms in total. The molecular formula is C16H28IN5. The van der Waals surface area contributed by atoms with Gasteiger partial charge < -0.3 is 10.2 Å². The fraction of sp³-hybridized carbons (Fsp3) is 0.750. The van der Waals surface area contributed by atoms with Gasteiger partial charge in [-0.2, -0.15) is 5.10 Å². The second-order valence-corrected chi connectivity index (χ2v) is 6.38. The van der Waals surface area contributed by atoms with Crippen molar-refractivity contribution in [1.82, 2.24) is 20.0 Å². The number of hydrogen-bond donors (Lipinski definition) is 1. The number of nitrogens with zero attached hydrogens (tertiary/aromatic N) is 4. The standard InChI is InChI=1S/C16H27N5.HI/c1-2-17-15(18-9-4-11-21-12-5-10-19-21)20-13-8-16(14-20)6-3-7-16;/h5,10,12H,2-4,6-9,11,13-14H2,1H3,(H,17,18);1H. The third kappa shape index (κ3) is 4.14. The van der Waals surface area contributed by atoms with Crippen LogP contribution in [0.2, 0.25) is 0 Å². The molecule has 3 rings (SSSR count). The predicted octanol–water partition coefficient (Wildman–Crippen LogP) is 2.73. The van der Waals surface area contributed by atoms with Crippen molar-refractivity contribution < 1.29 is 0 Å². The molecule has 0 bridgehead atoms. The van der Waals surface area contributed by atoms with Gasteiger partial charge in [0.25, 0.3) is 0 Å². The molecule has 1 N–H and O–H groups in total. The molecule has 0 aromatic carbocycles. The molecule has 1 aliphatic heterocycles. The van der Waals surface area contributed by atoms with Crippen molar-refractivity contribution in [1.29, 1.82) is 0 Å². The lowest BCUT2D eigenvalue weighted by Gasteiger charge is -2.38. The summed E-state index contributed by atoms with van der Waals surface area (Å²) in [6.07, 6.45) is 10.5. The highest BCUT2D eigenvalue weighted by Gasteiger charge is 2.43. The maximum atomic E-state index is 4.81. The van der Waals surface area contributed by atoms with E-state index >= 15 is 0 Å². The van der Waals surface area contributed by atoms with E-state index in [0.29, 0.717) is 5.41 Å². The van der Waals surface area contributed by atoms with Crippen molar-refractivity contribution in [2.45, 2.75) is 45.6 Å². The Morgan fingerprint density at radius 3 is 2.82 bits per heavy atom. The first-order valence-electron chi connectivity index (χ1n) is 8.32. The first-order valence-corrected chi connectivity index (χ1v) is 8.32. The van der Waals surface area contributed by atoms with Crippen molar-refractivity contribution >= 4 is 29.9 Å². The van der Waals surface area contributed by atoms with Crippen molar-refractivity contribution in [3.8, 4) is 0 Å². The number of aryl methyl sites for hydroxylation is 1. The van der Waals surface area contributed by atoms with Crippen molar-refractivity contribution in [3.63, 3.8) is 0 Å². The van der Waals surface area contributed by atoms with Crippen molar-refractivity contribution in [2.24, 2.45) is 10.4 Å². The van der Waals surface area contributed by atoms with Crippen LogP contribution in [0.3, 0.4) is 0 Å². The molecule has 2 aliphatic rings. The second-order valence-electron chi connectivity index (χ2n) is 6.38. The Labute approximate surface area is 150 Å². The Morgan fingerprint density at radius 2 is 2.23 bits per heavy atom. The highest BCUT2D eigenvalue weighted by molar-refractivity contribution is 14.0. The molecule has 1 aliphatic carbocycles. The zero-order chi connectivity index (χ0) is 14.5. The van der Waals surface area contributed by atoms with Gasteiger partial charge in [0.2, 0.25) is 0 Å². The molecule has 1 saturated carbocycles. The molecule has 0 unspecified atom stereocenters. The lowest BCUT2D eigenvalue weighted by molar-refractivity contribution is 0.151. The average Bonchev–Trinajstić information content (AvgIpc) is 3.10. The van der Waals surface area contributed by atoms with Gasteiger partial charge >= 0.3 is 0 Å². The molecule has 1 spiro atoms. The third-order valence-corrected chi connectivity index (χ3v) is 4.85. The Balaban J connectivity index is 0.00000176. The number of likely N-dealkylation sites (tertiary alicyclic amines) is 1. The lowest BCUT2D eigenvalue weighted by Crippen LogP contribution is -2.42. The van der Waals surface area contributed by atoms with E-state index in [1.807, 2.05) is 23.1 Å². The van der Waals surface area contributed by atoms with E-state index in [0.717, 1.165) is 32.0 Å². The summed E-state index contributed by atoms with van der Waals surface area (Å²) >= 11 is 0. The van der Waals surface area contributed by atoms with Gasteiger partial charge in [0, 0.05) is 45.1 Å². The fourth-order valence-electron chi connectivity index (χ4n) is 3.48. The van der Waals surface area contributed by atoms with Gasteiger partial charge in [-0.05, 0) is 44.1 Å². The molecule has 2 fully saturated rings. The first-order chi connectivity index (χ1) is 10.3. The first kappa shape index (κ1) is 17.6. The molecule has 1 saturated heterocycles. The maximum absolute atomic E-state index is 4.81. The molecule has 0 atom stereocenters. The lowest BCUT2D eigenvalue weighted by atomic mass is 9.68. The summed E-state index contributed by atoms with van der Waals surface area (Å²) < 4.78 is 1.97. The summed E-state index contributed by atoms with van der Waals surface area (Å²) in [5, 5.41) is 7.68. The van der Waals surface area contributed by atoms with Gasteiger partial charge in [-0.15, -0.1) is 24.0 Å². The van der Waals surface area contributed by atoms with Crippen LogP contribution in [0.1, 0.15) is 39.0 Å². The molecule has 0 radical (unpaired) electrons. The van der Waals surface area contributed by atoms with E-state index in [1.54, 1.807) is 0 Å². The number of nitrogens with one attached hydrogen (secondary N) is 1. The molecule has 2 heterocycles. The predicted molar refractivity (Wildman–Crippen MR) is 101 cm³/mol. The van der Waals surface area contributed by atoms with Crippen LogP contribution >= 0.6 is 24.0 Å². The molecule has 22 heavy (non-hydrogen) atoms. The Hall–Kier alpha value is -0.790. The minimum atomic E-state index is 0. The fourth-order valence-corrected chi connectivity index (χ4v) is 3.48. The number of rotatable bonds is 5. The van der Waals surface area contributed by atoms with Crippen LogP contribution in [0.4, 0.5) is 0 Å². The summed E-state index contributed by atoms with van der Waals surface area (Å²) in [5.74, 6) is 1.11. The topological polar surface area (TPSA) is 45.5 Å². The Kier molecular flexibility index (Phi) is 6.52. The number of hydrogen-bond acceptors (Lipinski definition) is 2. The summed E-state index contributed by atoms with van der Waals surface area (Å²) in [6.45, 7) is 7.28. The molecule has 1 aromatic rings. The Bertz CT molecular complexity index is 467. The minimum absolute atomic E-state index is 0. The zero-order valence-electron chi connectivity index (χ0n) is 13.5. The highest BCUT2D eigenvalue weighted by atomic mass is 127. The molecular weight excluding hydrogens is 389 g/mol. The van der Waals surface area contributed by atoms with Gasteiger partial charge in [0.05, 0.1) is 0 Å². The van der Waals surface area contributed by atoms with E-state index in [1.165, 1.54) is 38.8 Å². The summed E-state index contributed by atoms with van der Waals surface area (Å²) in [6, 6.07) is 1.97. The van der Waals surface area contributed by atoms with Crippen LogP contribution in [0.5, 0.6) is 0 Å². The minimum Gasteiger partial charge on any atom is -0.357 e. The van der Waals surface area contributed by atoms with Gasteiger partial charge in [-0.25, -0.2) is 0 Å². The maximum Gasteiger partial charge on any atom is 0.193 e. The van der Waals surface area contributed by atoms with Crippen LogP contribution in [0, 0.1) is 5.41 Å². The van der Waals surface area contributed by atoms with E-state index in [9.17, 15) is 0 Å². The van der Waals surface area contributed by atoms with Gasteiger partial charge in [0.15, 0.2) is 5.96 Å². The summed E-state index contributed by atoms with van der Waals surface area (Å²) in [5.41, 5.74) is 0.630. The molecule has 0 amide bonds. The third-order valence-electron chi connectivity index (χ3n) is 4.85. The largest absolute Gasteiger partial charge is 0.357 e. The number of aliphatic imine (C=N–C) groups is 1. The SMILES string of the molecule is CCNC(=NCCCn1cccn1)N1CCC2(CCC2)C1.I. The van der Waals surface area contributed by atoms with Gasteiger partial charge in [-0.3, -0.25) is 9.67 Å². The van der Waals surface area contributed by atoms with E-state index in [2.05, 4.69) is 22.2 Å². The van der Waals surface area contributed by atoms with Gasteiger partial charge in [-0.1, -0.05) is 6.42 Å². The van der Waals surface area contributed by atoms with Crippen LogP contribution in [0.25, 0.3) is 0 Å². The number of guanidine groups is 1. The zero-order valence-corrected chi connectivity index (χ0v) is 15.8. The summed E-state index contributed by atoms with van der Waals surface area (Å²) in [7, 11) is 0. The van der Waals surface area contributed by atoms with Gasteiger partial charge in [0.1, 0.15) is 0 Å². The van der Waals surface area contributed by atoms with Crippen LogP contribution in [0.15, 0.2) is 23.5 Å². The monoisotopic (exact) mass is 417 g/mol. The van der Waals surface area contributed by atoms with Crippen molar-refractivity contribution in [3.05, 3.63) is 18.5 Å². The highest BCUT2D eigenvalue weighted by Crippen LogP contribution is 2.47. The second kappa shape index (κ2) is 8.17. The van der Waals surface area contributed by atoms with E-state index in [-0.39, 0.29) is 24.0 Å². The summed E-state index contributed by atoms with van der Waals surface area (Å²) in [4.78, 5) is 7.28.